The molecule has 0 bridgehead atoms. The number of hydrogen-bond acceptors (Lipinski definition) is 2. The third-order valence-electron chi connectivity index (χ3n) is 1.56. The molecule has 0 radical (unpaired) electrons. The average molecular weight is 219 g/mol. The molecule has 2 N–H and O–H groups in total. The molecule has 0 saturated carbocycles. The van der Waals surface area contributed by atoms with Crippen LogP contribution in [-0.4, -0.2) is 25.0 Å². The van der Waals surface area contributed by atoms with Gasteiger partial charge in [-0.1, -0.05) is 22.5 Å². The lowest BCUT2D eigenvalue weighted by molar-refractivity contribution is -0.119. The first-order valence-corrected chi connectivity index (χ1v) is 4.31. The topological polar surface area (TPSA) is 41.1 Å². The number of nitrogens with one attached hydrogen (secondary N) is 2. The Morgan fingerprint density at radius 1 is 1.91 bits per heavy atom. The number of halogens is 1. The van der Waals surface area contributed by atoms with Crippen LogP contribution in [0.25, 0.3) is 0 Å². The second-order valence-electron chi connectivity index (χ2n) is 2.60. The summed E-state index contributed by atoms with van der Waals surface area (Å²) >= 11 is 3.23. The monoisotopic (exact) mass is 218 g/mol. The highest BCUT2D eigenvalue weighted by Crippen LogP contribution is 2.02. The molecule has 0 spiro atoms. The second-order valence-corrected chi connectivity index (χ2v) is 3.72. The Labute approximate surface area is 74.4 Å². The molecule has 0 aromatic rings. The summed E-state index contributed by atoms with van der Waals surface area (Å²) in [5, 5.41) is 5.93. The van der Waals surface area contributed by atoms with Crippen LogP contribution >= 0.6 is 15.9 Å². The third-order valence-corrected chi connectivity index (χ3v) is 1.84. The van der Waals surface area contributed by atoms with Gasteiger partial charge in [-0.15, -0.1) is 0 Å². The van der Waals surface area contributed by atoms with Gasteiger partial charge in [-0.25, -0.2) is 0 Å². The van der Waals surface area contributed by atoms with Gasteiger partial charge in [0.15, 0.2) is 0 Å². The Morgan fingerprint density at radius 3 is 3.09 bits per heavy atom. The van der Waals surface area contributed by atoms with Crippen LogP contribution in [0.2, 0.25) is 0 Å². The van der Waals surface area contributed by atoms with Gasteiger partial charge in [0.25, 0.3) is 0 Å². The SMILES string of the molecule is C=C(Br)CNC1CNC(=O)C1. The molecule has 11 heavy (non-hydrogen) atoms. The van der Waals surface area contributed by atoms with Crippen LogP contribution in [0.5, 0.6) is 0 Å². The summed E-state index contributed by atoms with van der Waals surface area (Å²) in [5.74, 6) is 0.127. The molecule has 3 nitrogen and oxygen atoms in total. The standard InChI is InChI=1S/C7H11BrN2O/c1-5(8)3-9-6-2-7(11)10-4-6/h6,9H,1-4H2,(H,10,11). The van der Waals surface area contributed by atoms with E-state index < -0.39 is 0 Å². The van der Waals surface area contributed by atoms with Crippen molar-refractivity contribution in [3.05, 3.63) is 11.1 Å². The van der Waals surface area contributed by atoms with Crippen LogP contribution in [0.4, 0.5) is 0 Å². The number of amides is 1. The molecular weight excluding hydrogens is 208 g/mol. The van der Waals surface area contributed by atoms with Crippen molar-refractivity contribution < 1.29 is 4.79 Å². The van der Waals surface area contributed by atoms with E-state index in [0.717, 1.165) is 17.6 Å². The maximum atomic E-state index is 10.7. The lowest BCUT2D eigenvalue weighted by Gasteiger charge is -2.07. The lowest BCUT2D eigenvalue weighted by Crippen LogP contribution is -2.31. The van der Waals surface area contributed by atoms with Gasteiger partial charge in [0.05, 0.1) is 0 Å². The fourth-order valence-corrected chi connectivity index (χ4v) is 1.17. The molecule has 0 aliphatic carbocycles. The fraction of sp³-hybridized carbons (Fsp3) is 0.571. The minimum absolute atomic E-state index is 0.127. The number of carbonyl (C=O) groups excluding carboxylic acids is 1. The van der Waals surface area contributed by atoms with E-state index in [-0.39, 0.29) is 11.9 Å². The first kappa shape index (κ1) is 8.74. The molecule has 1 unspecified atom stereocenters. The molecule has 1 saturated heterocycles. The maximum absolute atomic E-state index is 10.7. The van der Waals surface area contributed by atoms with Gasteiger partial charge in [-0.3, -0.25) is 4.79 Å². The molecule has 1 rings (SSSR count). The number of rotatable bonds is 3. The molecule has 1 aliphatic heterocycles. The van der Waals surface area contributed by atoms with E-state index in [1.54, 1.807) is 0 Å². The van der Waals surface area contributed by atoms with Gasteiger partial charge in [0.1, 0.15) is 0 Å². The van der Waals surface area contributed by atoms with Crippen molar-refractivity contribution in [2.75, 3.05) is 13.1 Å². The van der Waals surface area contributed by atoms with E-state index in [1.807, 2.05) is 0 Å². The molecule has 1 aliphatic rings. The van der Waals surface area contributed by atoms with Crippen LogP contribution in [0.15, 0.2) is 11.1 Å². The largest absolute Gasteiger partial charge is 0.354 e. The average Bonchev–Trinajstić information content (AvgIpc) is 2.31. The minimum atomic E-state index is 0.127. The second kappa shape index (κ2) is 3.88. The van der Waals surface area contributed by atoms with Crippen molar-refractivity contribution in [1.82, 2.24) is 10.6 Å². The fourth-order valence-electron chi connectivity index (χ4n) is 1.00. The van der Waals surface area contributed by atoms with Gasteiger partial charge in [0.2, 0.25) is 5.91 Å². The number of carbonyl (C=O) groups is 1. The quantitative estimate of drug-likeness (QED) is 0.720. The molecule has 4 heteroatoms. The van der Waals surface area contributed by atoms with E-state index in [2.05, 4.69) is 33.1 Å². The van der Waals surface area contributed by atoms with Crippen LogP contribution < -0.4 is 10.6 Å². The zero-order chi connectivity index (χ0) is 8.27. The van der Waals surface area contributed by atoms with E-state index in [1.165, 1.54) is 0 Å². The first-order valence-electron chi connectivity index (χ1n) is 3.52. The third kappa shape index (κ3) is 3.03. The molecular formula is C7H11BrN2O. The molecule has 1 amide bonds. The van der Waals surface area contributed by atoms with Gasteiger partial charge in [0, 0.05) is 30.0 Å². The smallest absolute Gasteiger partial charge is 0.221 e. The Balaban J connectivity index is 2.18. The Kier molecular flexibility index (Phi) is 3.08. The highest BCUT2D eigenvalue weighted by Gasteiger charge is 2.19. The molecule has 0 aromatic carbocycles. The normalized spacial score (nSPS) is 23.4. The van der Waals surface area contributed by atoms with Crippen molar-refractivity contribution >= 4 is 21.8 Å². The summed E-state index contributed by atoms with van der Waals surface area (Å²) in [7, 11) is 0. The van der Waals surface area contributed by atoms with Gasteiger partial charge in [-0.2, -0.15) is 0 Å². The minimum Gasteiger partial charge on any atom is -0.354 e. The van der Waals surface area contributed by atoms with Gasteiger partial charge >= 0.3 is 0 Å². The Hall–Kier alpha value is -0.350. The van der Waals surface area contributed by atoms with E-state index in [0.29, 0.717) is 6.42 Å². The van der Waals surface area contributed by atoms with E-state index in [4.69, 9.17) is 0 Å². The highest BCUT2D eigenvalue weighted by molar-refractivity contribution is 9.11. The lowest BCUT2D eigenvalue weighted by atomic mass is 10.2. The van der Waals surface area contributed by atoms with Gasteiger partial charge < -0.3 is 10.6 Å². The van der Waals surface area contributed by atoms with Crippen molar-refractivity contribution in [2.45, 2.75) is 12.5 Å². The summed E-state index contributed by atoms with van der Waals surface area (Å²) in [4.78, 5) is 10.7. The Bertz CT molecular complexity index is 181. The summed E-state index contributed by atoms with van der Waals surface area (Å²) in [6.07, 6.45) is 0.584. The highest BCUT2D eigenvalue weighted by atomic mass is 79.9. The van der Waals surface area contributed by atoms with Crippen molar-refractivity contribution in [2.24, 2.45) is 0 Å². The summed E-state index contributed by atoms with van der Waals surface area (Å²) in [5.41, 5.74) is 0. The summed E-state index contributed by atoms with van der Waals surface area (Å²) in [6, 6.07) is 0.275. The van der Waals surface area contributed by atoms with Crippen molar-refractivity contribution in [3.8, 4) is 0 Å². The van der Waals surface area contributed by atoms with Crippen molar-refractivity contribution in [3.63, 3.8) is 0 Å². The molecule has 1 atom stereocenters. The van der Waals surface area contributed by atoms with Crippen LogP contribution in [-0.2, 0) is 4.79 Å². The molecule has 1 heterocycles. The number of hydrogen-bond donors (Lipinski definition) is 2. The van der Waals surface area contributed by atoms with E-state index in [9.17, 15) is 4.79 Å². The molecule has 0 aromatic heterocycles. The zero-order valence-corrected chi connectivity index (χ0v) is 7.78. The predicted octanol–water partition coefficient (Wildman–Crippen LogP) is 0.373. The maximum Gasteiger partial charge on any atom is 0.221 e. The van der Waals surface area contributed by atoms with E-state index >= 15 is 0 Å². The summed E-state index contributed by atoms with van der Waals surface area (Å²) < 4.78 is 0.914. The van der Waals surface area contributed by atoms with Crippen LogP contribution in [0.1, 0.15) is 6.42 Å². The van der Waals surface area contributed by atoms with Crippen molar-refractivity contribution in [1.29, 1.82) is 0 Å². The van der Waals surface area contributed by atoms with Crippen LogP contribution in [0.3, 0.4) is 0 Å². The summed E-state index contributed by atoms with van der Waals surface area (Å²) in [6.45, 7) is 5.14. The van der Waals surface area contributed by atoms with Gasteiger partial charge in [-0.05, 0) is 0 Å². The van der Waals surface area contributed by atoms with Crippen LogP contribution in [0, 0.1) is 0 Å². The first-order chi connectivity index (χ1) is 5.18. The Morgan fingerprint density at radius 2 is 2.64 bits per heavy atom. The zero-order valence-electron chi connectivity index (χ0n) is 6.19. The molecule has 1 fully saturated rings. The molecule has 62 valence electrons. The predicted molar refractivity (Wildman–Crippen MR) is 47.5 cm³/mol.